The Balaban J connectivity index is 2.27. The summed E-state index contributed by atoms with van der Waals surface area (Å²) in [5.74, 6) is -0.462. The summed E-state index contributed by atoms with van der Waals surface area (Å²) in [6.45, 7) is -0.146. The summed E-state index contributed by atoms with van der Waals surface area (Å²) in [4.78, 5) is 0. The summed E-state index contributed by atoms with van der Waals surface area (Å²) < 4.78 is 4.88. The Hall–Kier alpha value is -0.840. The van der Waals surface area contributed by atoms with Crippen LogP contribution in [0.3, 0.4) is 0 Å². The quantitative estimate of drug-likeness (QED) is 0.475. The minimum Gasteiger partial charge on any atom is -0.472 e. The first kappa shape index (κ1) is 8.74. The number of fused-ring (bicyclic) bond motifs is 1. The molecule has 72 valence electrons. The number of ether oxygens (including phenoxy) is 1. The Morgan fingerprint density at radius 2 is 2.15 bits per heavy atom. The van der Waals surface area contributed by atoms with Crippen molar-refractivity contribution in [3.63, 3.8) is 0 Å². The van der Waals surface area contributed by atoms with E-state index >= 15 is 0 Å². The van der Waals surface area contributed by atoms with E-state index < -0.39 is 12.4 Å². The van der Waals surface area contributed by atoms with Crippen LogP contribution < -0.4 is 0 Å². The molecule has 1 aliphatic heterocycles. The highest BCUT2D eigenvalue weighted by atomic mass is 16.6. The molecule has 2 aliphatic rings. The topological polar surface area (TPSA) is 69.9 Å². The summed E-state index contributed by atoms with van der Waals surface area (Å²) in [6.07, 6.45) is 3.11. The van der Waals surface area contributed by atoms with Crippen LogP contribution in [0.15, 0.2) is 24.0 Å². The van der Waals surface area contributed by atoms with Gasteiger partial charge in [-0.3, -0.25) is 0 Å². The normalized spacial score (nSPS) is 42.5. The molecular weight excluding hydrogens is 172 g/mol. The van der Waals surface area contributed by atoms with Crippen molar-refractivity contribution in [2.45, 2.75) is 12.4 Å². The van der Waals surface area contributed by atoms with Crippen molar-refractivity contribution in [1.29, 1.82) is 0 Å². The van der Waals surface area contributed by atoms with Gasteiger partial charge in [-0.1, -0.05) is 6.08 Å². The molecular formula is C9H12O4. The fourth-order valence-electron chi connectivity index (χ4n) is 1.97. The maximum atomic E-state index is 9.54. The first-order valence-corrected chi connectivity index (χ1v) is 4.23. The average Bonchev–Trinajstić information content (AvgIpc) is 2.45. The van der Waals surface area contributed by atoms with Crippen LogP contribution in [-0.4, -0.2) is 34.3 Å². The fourth-order valence-corrected chi connectivity index (χ4v) is 1.97. The monoisotopic (exact) mass is 184 g/mol. The van der Waals surface area contributed by atoms with Gasteiger partial charge in [-0.05, 0) is 11.6 Å². The minimum absolute atomic E-state index is 0.146. The van der Waals surface area contributed by atoms with Gasteiger partial charge in [0.2, 0.25) is 6.29 Å². The second kappa shape index (κ2) is 3.14. The highest BCUT2D eigenvalue weighted by molar-refractivity contribution is 5.25. The van der Waals surface area contributed by atoms with Crippen molar-refractivity contribution in [2.75, 3.05) is 6.61 Å². The van der Waals surface area contributed by atoms with Crippen LogP contribution in [0.2, 0.25) is 0 Å². The molecule has 4 atom stereocenters. The highest BCUT2D eigenvalue weighted by Crippen LogP contribution is 2.38. The van der Waals surface area contributed by atoms with Gasteiger partial charge >= 0.3 is 0 Å². The SMILES string of the molecule is OCC1=C[C@H](O)[C@@H]2C=CO[C@@H](O)[C@@H]12. The molecule has 0 saturated heterocycles. The zero-order chi connectivity index (χ0) is 9.42. The summed E-state index contributed by atoms with van der Waals surface area (Å²) >= 11 is 0. The van der Waals surface area contributed by atoms with Crippen molar-refractivity contribution in [1.82, 2.24) is 0 Å². The van der Waals surface area contributed by atoms with Gasteiger partial charge in [0.05, 0.1) is 24.9 Å². The molecule has 4 nitrogen and oxygen atoms in total. The number of hydrogen-bond acceptors (Lipinski definition) is 4. The molecule has 0 aromatic rings. The lowest BCUT2D eigenvalue weighted by Gasteiger charge is -2.29. The molecule has 4 heteroatoms. The molecule has 0 radical (unpaired) electrons. The van der Waals surface area contributed by atoms with Gasteiger partial charge in [-0.2, -0.15) is 0 Å². The molecule has 3 N–H and O–H groups in total. The second-order valence-electron chi connectivity index (χ2n) is 3.35. The second-order valence-corrected chi connectivity index (χ2v) is 3.35. The van der Waals surface area contributed by atoms with Gasteiger partial charge < -0.3 is 20.1 Å². The van der Waals surface area contributed by atoms with Crippen LogP contribution in [0.1, 0.15) is 0 Å². The molecule has 0 unspecified atom stereocenters. The highest BCUT2D eigenvalue weighted by Gasteiger charge is 2.41. The van der Waals surface area contributed by atoms with E-state index in [1.807, 2.05) is 0 Å². The molecule has 0 amide bonds. The van der Waals surface area contributed by atoms with E-state index in [4.69, 9.17) is 9.84 Å². The maximum absolute atomic E-state index is 9.54. The van der Waals surface area contributed by atoms with E-state index in [-0.39, 0.29) is 18.4 Å². The van der Waals surface area contributed by atoms with Crippen LogP contribution >= 0.6 is 0 Å². The predicted molar refractivity (Wildman–Crippen MR) is 44.4 cm³/mol. The molecule has 1 aliphatic carbocycles. The summed E-state index contributed by atoms with van der Waals surface area (Å²) in [7, 11) is 0. The Morgan fingerprint density at radius 3 is 2.85 bits per heavy atom. The number of aliphatic hydroxyl groups is 3. The first-order valence-electron chi connectivity index (χ1n) is 4.23. The lowest BCUT2D eigenvalue weighted by molar-refractivity contribution is -0.108. The largest absolute Gasteiger partial charge is 0.472 e. The number of hydrogen-bond donors (Lipinski definition) is 3. The van der Waals surface area contributed by atoms with Crippen molar-refractivity contribution in [3.8, 4) is 0 Å². The van der Waals surface area contributed by atoms with E-state index in [2.05, 4.69) is 0 Å². The van der Waals surface area contributed by atoms with E-state index in [1.54, 1.807) is 12.2 Å². The Labute approximate surface area is 75.8 Å². The molecule has 1 heterocycles. The van der Waals surface area contributed by atoms with Crippen molar-refractivity contribution >= 4 is 0 Å². The third-order valence-electron chi connectivity index (χ3n) is 2.63. The van der Waals surface area contributed by atoms with Crippen LogP contribution in [0, 0.1) is 11.8 Å². The Morgan fingerprint density at radius 1 is 1.38 bits per heavy atom. The Bertz CT molecular complexity index is 258. The predicted octanol–water partition coefficient (Wildman–Crippen LogP) is -0.626. The summed E-state index contributed by atoms with van der Waals surface area (Å²) in [6, 6.07) is 0. The smallest absolute Gasteiger partial charge is 0.203 e. The van der Waals surface area contributed by atoms with Crippen LogP contribution in [0.5, 0.6) is 0 Å². The lowest BCUT2D eigenvalue weighted by atomic mass is 9.88. The van der Waals surface area contributed by atoms with Gasteiger partial charge in [0.25, 0.3) is 0 Å². The molecule has 2 rings (SSSR count). The minimum atomic E-state index is -0.953. The Kier molecular flexibility index (Phi) is 2.11. The summed E-state index contributed by atoms with van der Waals surface area (Å²) in [5.41, 5.74) is 0.648. The van der Waals surface area contributed by atoms with Crippen molar-refractivity contribution in [2.24, 2.45) is 11.8 Å². The fraction of sp³-hybridized carbons (Fsp3) is 0.556. The van der Waals surface area contributed by atoms with Gasteiger partial charge in [-0.25, -0.2) is 0 Å². The number of rotatable bonds is 1. The van der Waals surface area contributed by atoms with E-state index in [9.17, 15) is 10.2 Å². The van der Waals surface area contributed by atoms with Gasteiger partial charge in [0.15, 0.2) is 0 Å². The van der Waals surface area contributed by atoms with Gasteiger partial charge in [0, 0.05) is 5.92 Å². The molecule has 0 aromatic carbocycles. The third-order valence-corrected chi connectivity index (χ3v) is 2.63. The lowest BCUT2D eigenvalue weighted by Crippen LogP contribution is -2.34. The third kappa shape index (κ3) is 1.27. The molecule has 13 heavy (non-hydrogen) atoms. The first-order chi connectivity index (χ1) is 6.24. The van der Waals surface area contributed by atoms with E-state index in [0.29, 0.717) is 5.57 Å². The standard InChI is InChI=1S/C9H12O4/c10-4-5-3-7(11)6-1-2-13-9(12)8(5)6/h1-3,6-12H,4H2/t6-,7-,8-,9+/m0/s1. The van der Waals surface area contributed by atoms with E-state index in [1.165, 1.54) is 6.26 Å². The molecule has 0 spiro atoms. The van der Waals surface area contributed by atoms with Gasteiger partial charge in [-0.15, -0.1) is 0 Å². The van der Waals surface area contributed by atoms with Crippen molar-refractivity contribution < 1.29 is 20.1 Å². The zero-order valence-corrected chi connectivity index (χ0v) is 7.00. The molecule has 0 saturated carbocycles. The van der Waals surface area contributed by atoms with Crippen LogP contribution in [0.4, 0.5) is 0 Å². The average molecular weight is 184 g/mol. The van der Waals surface area contributed by atoms with E-state index in [0.717, 1.165) is 0 Å². The number of aliphatic hydroxyl groups excluding tert-OH is 3. The van der Waals surface area contributed by atoms with Gasteiger partial charge in [0.1, 0.15) is 0 Å². The van der Waals surface area contributed by atoms with Crippen LogP contribution in [-0.2, 0) is 4.74 Å². The molecule has 0 fully saturated rings. The molecule has 0 bridgehead atoms. The summed E-state index contributed by atoms with van der Waals surface area (Å²) in [5, 5.41) is 28.0. The van der Waals surface area contributed by atoms with Crippen LogP contribution in [0.25, 0.3) is 0 Å². The molecule has 0 aromatic heterocycles. The van der Waals surface area contributed by atoms with Crippen molar-refractivity contribution in [3.05, 3.63) is 24.0 Å². The zero-order valence-electron chi connectivity index (χ0n) is 7.00. The maximum Gasteiger partial charge on any atom is 0.203 e.